The van der Waals surface area contributed by atoms with Crippen molar-refractivity contribution in [3.63, 3.8) is 0 Å². The predicted octanol–water partition coefficient (Wildman–Crippen LogP) is 5.79. The number of ether oxygens (including phenoxy) is 1. The number of halogens is 2. The normalized spacial score (nSPS) is 11.8. The van der Waals surface area contributed by atoms with Gasteiger partial charge in [-0.25, -0.2) is 0 Å². The van der Waals surface area contributed by atoms with Crippen LogP contribution in [-0.4, -0.2) is 35.4 Å². The van der Waals surface area contributed by atoms with Gasteiger partial charge in [0.05, 0.1) is 16.7 Å². The topological polar surface area (TPSA) is 58.6 Å². The number of rotatable bonds is 11. The van der Waals surface area contributed by atoms with Gasteiger partial charge in [0, 0.05) is 19.0 Å². The SMILES string of the molecule is CCC(C(=O)NC(C)C)N(Cc1ccc(Cl)c(Cl)c1)C(=O)CCCOc1ccc(C)cc1. The summed E-state index contributed by atoms with van der Waals surface area (Å²) in [5.41, 5.74) is 1.98. The molecule has 1 unspecified atom stereocenters. The summed E-state index contributed by atoms with van der Waals surface area (Å²) in [5.74, 6) is 0.514. The Morgan fingerprint density at radius 2 is 1.75 bits per heavy atom. The van der Waals surface area contributed by atoms with Crippen molar-refractivity contribution in [2.24, 2.45) is 0 Å². The molecule has 0 heterocycles. The van der Waals surface area contributed by atoms with Crippen LogP contribution in [0.15, 0.2) is 42.5 Å². The number of nitrogens with zero attached hydrogens (tertiary/aromatic N) is 1. The highest BCUT2D eigenvalue weighted by atomic mass is 35.5. The lowest BCUT2D eigenvalue weighted by molar-refractivity contribution is -0.141. The van der Waals surface area contributed by atoms with E-state index < -0.39 is 6.04 Å². The smallest absolute Gasteiger partial charge is 0.243 e. The molecule has 2 amide bonds. The van der Waals surface area contributed by atoms with Gasteiger partial charge in [0.1, 0.15) is 11.8 Å². The number of hydrogen-bond donors (Lipinski definition) is 1. The van der Waals surface area contributed by atoms with Gasteiger partial charge < -0.3 is 15.0 Å². The van der Waals surface area contributed by atoms with Crippen molar-refractivity contribution in [3.05, 3.63) is 63.6 Å². The molecule has 0 saturated carbocycles. The van der Waals surface area contributed by atoms with E-state index in [9.17, 15) is 9.59 Å². The van der Waals surface area contributed by atoms with Crippen molar-refractivity contribution in [1.82, 2.24) is 10.2 Å². The molecule has 0 fully saturated rings. The van der Waals surface area contributed by atoms with E-state index in [2.05, 4.69) is 5.32 Å². The molecular weight excluding hydrogens is 447 g/mol. The molecule has 2 rings (SSSR count). The Hall–Kier alpha value is -2.24. The van der Waals surface area contributed by atoms with E-state index in [1.807, 2.05) is 58.0 Å². The average Bonchev–Trinajstić information content (AvgIpc) is 2.74. The largest absolute Gasteiger partial charge is 0.494 e. The minimum absolute atomic E-state index is 0.0126. The first-order valence-electron chi connectivity index (χ1n) is 10.9. The van der Waals surface area contributed by atoms with Gasteiger partial charge in [-0.15, -0.1) is 0 Å². The van der Waals surface area contributed by atoms with Crippen LogP contribution in [-0.2, 0) is 16.1 Å². The van der Waals surface area contributed by atoms with Crippen molar-refractivity contribution >= 4 is 35.0 Å². The van der Waals surface area contributed by atoms with Gasteiger partial charge in [0.15, 0.2) is 0 Å². The Kier molecular flexibility index (Phi) is 10.3. The lowest BCUT2D eigenvalue weighted by Crippen LogP contribution is -2.50. The molecule has 174 valence electrons. The summed E-state index contributed by atoms with van der Waals surface area (Å²) >= 11 is 12.2. The molecule has 2 aromatic rings. The molecule has 2 aromatic carbocycles. The van der Waals surface area contributed by atoms with E-state index in [0.29, 0.717) is 29.5 Å². The number of nitrogens with one attached hydrogen (secondary N) is 1. The van der Waals surface area contributed by atoms with E-state index in [4.69, 9.17) is 27.9 Å². The molecule has 0 radical (unpaired) electrons. The van der Waals surface area contributed by atoms with Crippen LogP contribution in [0.4, 0.5) is 0 Å². The average molecular weight is 479 g/mol. The van der Waals surface area contributed by atoms with Crippen LogP contribution in [0.25, 0.3) is 0 Å². The Labute approximate surface area is 201 Å². The second-order valence-corrected chi connectivity index (χ2v) is 8.94. The summed E-state index contributed by atoms with van der Waals surface area (Å²) < 4.78 is 5.74. The minimum Gasteiger partial charge on any atom is -0.494 e. The molecule has 0 saturated heterocycles. The fourth-order valence-electron chi connectivity index (χ4n) is 3.33. The number of carbonyl (C=O) groups excluding carboxylic acids is 2. The molecule has 0 aliphatic heterocycles. The van der Waals surface area contributed by atoms with Crippen LogP contribution < -0.4 is 10.1 Å². The minimum atomic E-state index is -0.572. The summed E-state index contributed by atoms with van der Waals surface area (Å²) in [4.78, 5) is 27.6. The van der Waals surface area contributed by atoms with Crippen LogP contribution in [0.2, 0.25) is 10.0 Å². The van der Waals surface area contributed by atoms with Gasteiger partial charge >= 0.3 is 0 Å². The second kappa shape index (κ2) is 12.7. The molecule has 32 heavy (non-hydrogen) atoms. The van der Waals surface area contributed by atoms with Crippen molar-refractivity contribution < 1.29 is 14.3 Å². The quantitative estimate of drug-likeness (QED) is 0.415. The summed E-state index contributed by atoms with van der Waals surface area (Å²) in [6.07, 6.45) is 1.33. The third-order valence-corrected chi connectivity index (χ3v) is 5.72. The molecule has 1 N–H and O–H groups in total. The van der Waals surface area contributed by atoms with Crippen LogP contribution in [0.5, 0.6) is 5.75 Å². The van der Waals surface area contributed by atoms with E-state index in [-0.39, 0.29) is 30.8 Å². The highest BCUT2D eigenvalue weighted by Crippen LogP contribution is 2.24. The van der Waals surface area contributed by atoms with E-state index in [1.54, 1.807) is 17.0 Å². The molecule has 0 aliphatic rings. The Balaban J connectivity index is 2.08. The Morgan fingerprint density at radius 3 is 2.34 bits per heavy atom. The molecule has 5 nitrogen and oxygen atoms in total. The Bertz CT molecular complexity index is 901. The van der Waals surface area contributed by atoms with Gasteiger partial charge in [-0.05, 0) is 63.4 Å². The van der Waals surface area contributed by atoms with E-state index in [0.717, 1.165) is 16.9 Å². The van der Waals surface area contributed by atoms with E-state index in [1.165, 1.54) is 0 Å². The number of carbonyl (C=O) groups is 2. The van der Waals surface area contributed by atoms with Gasteiger partial charge in [-0.2, -0.15) is 0 Å². The number of amides is 2. The molecule has 0 bridgehead atoms. The van der Waals surface area contributed by atoms with Gasteiger partial charge in [0.25, 0.3) is 0 Å². The summed E-state index contributed by atoms with van der Waals surface area (Å²) in [6, 6.07) is 12.5. The van der Waals surface area contributed by atoms with Crippen molar-refractivity contribution in [1.29, 1.82) is 0 Å². The molecule has 1 atom stereocenters. The Morgan fingerprint density at radius 1 is 1.06 bits per heavy atom. The fourth-order valence-corrected chi connectivity index (χ4v) is 3.65. The van der Waals surface area contributed by atoms with Gasteiger partial charge in [0.2, 0.25) is 11.8 Å². The first-order valence-corrected chi connectivity index (χ1v) is 11.7. The zero-order chi connectivity index (χ0) is 23.7. The first kappa shape index (κ1) is 26.0. The summed E-state index contributed by atoms with van der Waals surface area (Å²) in [7, 11) is 0. The zero-order valence-corrected chi connectivity index (χ0v) is 20.7. The molecule has 7 heteroatoms. The van der Waals surface area contributed by atoms with Crippen LogP contribution >= 0.6 is 23.2 Å². The fraction of sp³-hybridized carbons (Fsp3) is 0.440. The maximum atomic E-state index is 13.2. The second-order valence-electron chi connectivity index (χ2n) is 8.12. The van der Waals surface area contributed by atoms with Crippen molar-refractivity contribution in [2.75, 3.05) is 6.61 Å². The van der Waals surface area contributed by atoms with Crippen molar-refractivity contribution in [3.8, 4) is 5.75 Å². The number of aryl methyl sites for hydroxylation is 1. The lowest BCUT2D eigenvalue weighted by Gasteiger charge is -2.31. The third kappa shape index (κ3) is 8.03. The maximum Gasteiger partial charge on any atom is 0.243 e. The summed E-state index contributed by atoms with van der Waals surface area (Å²) in [5, 5.41) is 3.79. The highest BCUT2D eigenvalue weighted by molar-refractivity contribution is 6.42. The first-order chi connectivity index (χ1) is 15.2. The van der Waals surface area contributed by atoms with Crippen LogP contribution in [0.1, 0.15) is 51.2 Å². The maximum absolute atomic E-state index is 13.2. The highest BCUT2D eigenvalue weighted by Gasteiger charge is 2.28. The summed E-state index contributed by atoms with van der Waals surface area (Å²) in [6.45, 7) is 8.42. The van der Waals surface area contributed by atoms with Crippen LogP contribution in [0.3, 0.4) is 0 Å². The number of hydrogen-bond acceptors (Lipinski definition) is 3. The monoisotopic (exact) mass is 478 g/mol. The lowest BCUT2D eigenvalue weighted by atomic mass is 10.1. The van der Waals surface area contributed by atoms with Crippen molar-refractivity contribution in [2.45, 2.75) is 65.6 Å². The van der Waals surface area contributed by atoms with Crippen LogP contribution in [0, 0.1) is 6.92 Å². The predicted molar refractivity (Wildman–Crippen MR) is 130 cm³/mol. The molecular formula is C25H32Cl2N2O3. The molecule has 0 aliphatic carbocycles. The zero-order valence-electron chi connectivity index (χ0n) is 19.2. The standard InChI is InChI=1S/C25H32Cl2N2O3/c1-5-23(25(31)28-17(2)3)29(16-19-10-13-21(26)22(27)15-19)24(30)7-6-14-32-20-11-8-18(4)9-12-20/h8-13,15,17,23H,5-7,14,16H2,1-4H3,(H,28,31). The third-order valence-electron chi connectivity index (χ3n) is 4.98. The molecule has 0 spiro atoms. The molecule has 0 aromatic heterocycles. The number of benzene rings is 2. The van der Waals surface area contributed by atoms with Gasteiger partial charge in [-0.1, -0.05) is 53.9 Å². The van der Waals surface area contributed by atoms with Gasteiger partial charge in [-0.3, -0.25) is 9.59 Å². The van der Waals surface area contributed by atoms with E-state index >= 15 is 0 Å².